The molecule has 0 aliphatic heterocycles. The molecule has 3 N–H and O–H groups in total. The van der Waals surface area contributed by atoms with E-state index in [0.29, 0.717) is 22.0 Å². The van der Waals surface area contributed by atoms with Crippen LogP contribution >= 0.6 is 11.6 Å². The van der Waals surface area contributed by atoms with Gasteiger partial charge < -0.3 is 10.5 Å². The Balaban J connectivity index is 2.19. The van der Waals surface area contributed by atoms with Crippen LogP contribution in [0.4, 0.5) is 5.69 Å². The van der Waals surface area contributed by atoms with Crippen molar-refractivity contribution in [2.24, 2.45) is 0 Å². The zero-order chi connectivity index (χ0) is 15.5. The van der Waals surface area contributed by atoms with Gasteiger partial charge in [0.25, 0.3) is 0 Å². The van der Waals surface area contributed by atoms with Crippen molar-refractivity contribution in [2.45, 2.75) is 11.4 Å². The Morgan fingerprint density at radius 2 is 1.86 bits per heavy atom. The van der Waals surface area contributed by atoms with Crippen molar-refractivity contribution in [1.82, 2.24) is 4.72 Å². The van der Waals surface area contributed by atoms with E-state index in [1.165, 1.54) is 31.4 Å². The highest BCUT2D eigenvalue weighted by Crippen LogP contribution is 2.22. The summed E-state index contributed by atoms with van der Waals surface area (Å²) in [5.74, 6) is 0.572. The molecule has 0 aliphatic carbocycles. The number of benzene rings is 2. The zero-order valence-corrected chi connectivity index (χ0v) is 12.9. The summed E-state index contributed by atoms with van der Waals surface area (Å²) < 4.78 is 32.0. The maximum atomic E-state index is 12.2. The third-order valence-corrected chi connectivity index (χ3v) is 4.55. The highest BCUT2D eigenvalue weighted by atomic mass is 35.5. The maximum absolute atomic E-state index is 12.2. The van der Waals surface area contributed by atoms with Crippen LogP contribution in [-0.2, 0) is 16.6 Å². The molecule has 0 saturated carbocycles. The lowest BCUT2D eigenvalue weighted by Gasteiger charge is -2.11. The number of nitrogens with one attached hydrogen (secondary N) is 1. The Bertz CT molecular complexity index is 730. The molecule has 0 fully saturated rings. The van der Waals surface area contributed by atoms with Crippen LogP contribution in [-0.4, -0.2) is 15.5 Å². The third-order valence-electron chi connectivity index (χ3n) is 2.88. The van der Waals surface area contributed by atoms with E-state index < -0.39 is 10.0 Å². The number of nitrogens with two attached hydrogens (primary N) is 1. The fourth-order valence-corrected chi connectivity index (χ4v) is 2.94. The van der Waals surface area contributed by atoms with Crippen LogP contribution < -0.4 is 15.2 Å². The smallest absolute Gasteiger partial charge is 0.240 e. The summed E-state index contributed by atoms with van der Waals surface area (Å²) in [6.45, 7) is 0.0825. The summed E-state index contributed by atoms with van der Waals surface area (Å²) in [7, 11) is -2.10. The monoisotopic (exact) mass is 326 g/mol. The van der Waals surface area contributed by atoms with E-state index in [1.807, 2.05) is 0 Å². The summed E-state index contributed by atoms with van der Waals surface area (Å²) >= 11 is 5.75. The van der Waals surface area contributed by atoms with Crippen molar-refractivity contribution in [3.8, 4) is 5.75 Å². The SMILES string of the molecule is COc1ccc(N)cc1CNS(=O)(=O)c1ccc(Cl)cc1. The number of nitrogen functional groups attached to an aromatic ring is 1. The summed E-state index contributed by atoms with van der Waals surface area (Å²) in [6.07, 6.45) is 0. The number of methoxy groups -OCH3 is 1. The first-order chi connectivity index (χ1) is 9.92. The molecular weight excluding hydrogens is 312 g/mol. The first kappa shape index (κ1) is 15.6. The van der Waals surface area contributed by atoms with Crippen LogP contribution in [0.3, 0.4) is 0 Å². The van der Waals surface area contributed by atoms with Crippen molar-refractivity contribution in [3.63, 3.8) is 0 Å². The molecule has 2 aromatic rings. The van der Waals surface area contributed by atoms with Gasteiger partial charge >= 0.3 is 0 Å². The van der Waals surface area contributed by atoms with E-state index in [2.05, 4.69) is 4.72 Å². The van der Waals surface area contributed by atoms with Gasteiger partial charge in [0.15, 0.2) is 0 Å². The van der Waals surface area contributed by atoms with E-state index in [1.54, 1.807) is 18.2 Å². The van der Waals surface area contributed by atoms with Crippen molar-refractivity contribution in [2.75, 3.05) is 12.8 Å². The number of hydrogen-bond acceptors (Lipinski definition) is 4. The van der Waals surface area contributed by atoms with E-state index in [-0.39, 0.29) is 11.4 Å². The number of ether oxygens (including phenoxy) is 1. The molecule has 7 heteroatoms. The largest absolute Gasteiger partial charge is 0.496 e. The average molecular weight is 327 g/mol. The molecule has 0 bridgehead atoms. The molecule has 0 spiro atoms. The van der Waals surface area contributed by atoms with Gasteiger partial charge in [-0.15, -0.1) is 0 Å². The van der Waals surface area contributed by atoms with E-state index >= 15 is 0 Å². The van der Waals surface area contributed by atoms with Gasteiger partial charge in [0.1, 0.15) is 5.75 Å². The molecule has 0 amide bonds. The van der Waals surface area contributed by atoms with Gasteiger partial charge in [-0.2, -0.15) is 0 Å². The minimum Gasteiger partial charge on any atom is -0.496 e. The Labute approximate surface area is 128 Å². The number of rotatable bonds is 5. The van der Waals surface area contributed by atoms with E-state index in [0.717, 1.165) is 0 Å². The van der Waals surface area contributed by atoms with E-state index in [4.69, 9.17) is 22.1 Å². The molecule has 21 heavy (non-hydrogen) atoms. The van der Waals surface area contributed by atoms with Crippen molar-refractivity contribution < 1.29 is 13.2 Å². The Kier molecular flexibility index (Phi) is 4.72. The fourth-order valence-electron chi connectivity index (χ4n) is 1.81. The molecular formula is C14H15ClN2O3S. The van der Waals surface area contributed by atoms with Crippen LogP contribution in [0.1, 0.15) is 5.56 Å². The molecule has 0 heterocycles. The van der Waals surface area contributed by atoms with E-state index in [9.17, 15) is 8.42 Å². The Morgan fingerprint density at radius 3 is 2.48 bits per heavy atom. The van der Waals surface area contributed by atoms with Crippen molar-refractivity contribution >= 4 is 27.3 Å². The second-order valence-electron chi connectivity index (χ2n) is 4.35. The number of anilines is 1. The first-order valence-corrected chi connectivity index (χ1v) is 7.96. The van der Waals surface area contributed by atoms with Crippen molar-refractivity contribution in [3.05, 3.63) is 53.1 Å². The summed E-state index contributed by atoms with van der Waals surface area (Å²) in [4.78, 5) is 0.148. The highest BCUT2D eigenvalue weighted by molar-refractivity contribution is 7.89. The quantitative estimate of drug-likeness (QED) is 0.827. The summed E-state index contributed by atoms with van der Waals surface area (Å²) in [6, 6.07) is 11.0. The number of halogens is 1. The molecule has 112 valence electrons. The molecule has 5 nitrogen and oxygen atoms in total. The van der Waals surface area contributed by atoms with Gasteiger partial charge in [-0.3, -0.25) is 0 Å². The minimum absolute atomic E-state index is 0.0825. The maximum Gasteiger partial charge on any atom is 0.240 e. The summed E-state index contributed by atoms with van der Waals surface area (Å²) in [5.41, 5.74) is 6.90. The fraction of sp³-hybridized carbons (Fsp3) is 0.143. The molecule has 0 atom stereocenters. The summed E-state index contributed by atoms with van der Waals surface area (Å²) in [5, 5.41) is 0.478. The second-order valence-corrected chi connectivity index (χ2v) is 6.55. The van der Waals surface area contributed by atoms with Crippen LogP contribution in [0.25, 0.3) is 0 Å². The predicted molar refractivity (Wildman–Crippen MR) is 82.9 cm³/mol. The molecule has 0 aromatic heterocycles. The highest BCUT2D eigenvalue weighted by Gasteiger charge is 2.14. The molecule has 0 saturated heterocycles. The van der Waals surface area contributed by atoms with Gasteiger partial charge in [0.05, 0.1) is 12.0 Å². The van der Waals surface area contributed by atoms with Gasteiger partial charge in [-0.05, 0) is 42.5 Å². The first-order valence-electron chi connectivity index (χ1n) is 6.10. The minimum atomic E-state index is -3.62. The Hall–Kier alpha value is -1.76. The van der Waals surface area contributed by atoms with Crippen LogP contribution in [0.15, 0.2) is 47.4 Å². The second kappa shape index (κ2) is 6.34. The Morgan fingerprint density at radius 1 is 1.19 bits per heavy atom. The lowest BCUT2D eigenvalue weighted by Crippen LogP contribution is -2.23. The van der Waals surface area contributed by atoms with Gasteiger partial charge in [0.2, 0.25) is 10.0 Å². The zero-order valence-electron chi connectivity index (χ0n) is 11.3. The standard InChI is InChI=1S/C14H15ClN2O3S/c1-20-14-7-4-12(16)8-10(14)9-17-21(18,19)13-5-2-11(15)3-6-13/h2-8,17H,9,16H2,1H3. The normalized spacial score (nSPS) is 11.3. The molecule has 0 unspecified atom stereocenters. The van der Waals surface area contributed by atoms with Crippen LogP contribution in [0, 0.1) is 0 Å². The third kappa shape index (κ3) is 3.87. The average Bonchev–Trinajstić information content (AvgIpc) is 2.46. The lowest BCUT2D eigenvalue weighted by atomic mass is 10.2. The predicted octanol–water partition coefficient (Wildman–Crippen LogP) is 2.41. The van der Waals surface area contributed by atoms with Crippen LogP contribution in [0.2, 0.25) is 5.02 Å². The molecule has 2 rings (SSSR count). The number of sulfonamides is 1. The van der Waals surface area contributed by atoms with Crippen molar-refractivity contribution in [1.29, 1.82) is 0 Å². The molecule has 0 radical (unpaired) electrons. The van der Waals surface area contributed by atoms with Crippen LogP contribution in [0.5, 0.6) is 5.75 Å². The van der Waals surface area contributed by atoms with Gasteiger partial charge in [0, 0.05) is 22.8 Å². The van der Waals surface area contributed by atoms with Gasteiger partial charge in [-0.25, -0.2) is 13.1 Å². The topological polar surface area (TPSA) is 81.4 Å². The van der Waals surface area contributed by atoms with Gasteiger partial charge in [-0.1, -0.05) is 11.6 Å². The molecule has 2 aromatic carbocycles. The molecule has 0 aliphatic rings. The lowest BCUT2D eigenvalue weighted by molar-refractivity contribution is 0.409. The number of hydrogen-bond donors (Lipinski definition) is 2.